The van der Waals surface area contributed by atoms with E-state index >= 15 is 0 Å². The van der Waals surface area contributed by atoms with Crippen LogP contribution in [-0.2, 0) is 26.1 Å². The van der Waals surface area contributed by atoms with Crippen LogP contribution < -0.4 is 0 Å². The van der Waals surface area contributed by atoms with Gasteiger partial charge in [-0.05, 0) is 63.4 Å². The fourth-order valence-corrected chi connectivity index (χ4v) is 4.73. The molecule has 0 saturated carbocycles. The Hall–Kier alpha value is -2.25. The summed E-state index contributed by atoms with van der Waals surface area (Å²) in [6, 6.07) is 11.0. The number of sulfonamides is 1. The first-order valence-electron chi connectivity index (χ1n) is 9.87. The van der Waals surface area contributed by atoms with Crippen LogP contribution in [0.5, 0.6) is 0 Å². The van der Waals surface area contributed by atoms with E-state index in [-0.39, 0.29) is 17.4 Å². The summed E-state index contributed by atoms with van der Waals surface area (Å²) in [5.41, 5.74) is 1.01. The SMILES string of the molecule is Cc1ccc(CN([C@H](C(=O)OC(C)(C)C)C(C)C)S(=O)(=O)c2ccc(F)cc2)cc1. The Labute approximate surface area is 178 Å². The smallest absolute Gasteiger partial charge is 0.325 e. The highest BCUT2D eigenvalue weighted by atomic mass is 32.2. The number of rotatable bonds is 7. The minimum absolute atomic E-state index is 0.0118. The van der Waals surface area contributed by atoms with Crippen LogP contribution in [0.4, 0.5) is 4.39 Å². The molecule has 2 aromatic rings. The lowest BCUT2D eigenvalue weighted by atomic mass is 10.0. The van der Waals surface area contributed by atoms with Crippen LogP contribution in [0.25, 0.3) is 0 Å². The highest BCUT2D eigenvalue weighted by molar-refractivity contribution is 7.89. The number of ether oxygens (including phenoxy) is 1. The highest BCUT2D eigenvalue weighted by Gasteiger charge is 2.40. The van der Waals surface area contributed by atoms with E-state index in [1.807, 2.05) is 31.2 Å². The van der Waals surface area contributed by atoms with E-state index in [2.05, 4.69) is 0 Å². The Bertz CT molecular complexity index is 962. The van der Waals surface area contributed by atoms with Crippen LogP contribution in [0.15, 0.2) is 53.4 Å². The predicted octanol–water partition coefficient (Wildman–Crippen LogP) is 4.69. The lowest BCUT2D eigenvalue weighted by Crippen LogP contribution is -2.49. The maximum atomic E-state index is 13.5. The first-order valence-corrected chi connectivity index (χ1v) is 11.3. The summed E-state index contributed by atoms with van der Waals surface area (Å²) < 4.78 is 47.1. The second-order valence-electron chi connectivity index (χ2n) is 8.71. The number of nitrogens with zero attached hydrogens (tertiary/aromatic N) is 1. The largest absolute Gasteiger partial charge is 0.459 e. The monoisotopic (exact) mass is 435 g/mol. The first-order chi connectivity index (χ1) is 13.8. The van der Waals surface area contributed by atoms with E-state index in [1.165, 1.54) is 12.1 Å². The van der Waals surface area contributed by atoms with Gasteiger partial charge in [0.25, 0.3) is 0 Å². The van der Waals surface area contributed by atoms with Crippen LogP contribution in [0.1, 0.15) is 45.7 Å². The summed E-state index contributed by atoms with van der Waals surface area (Å²) in [4.78, 5) is 13.0. The molecule has 7 heteroatoms. The molecule has 0 spiro atoms. The van der Waals surface area contributed by atoms with Gasteiger partial charge in [0.15, 0.2) is 0 Å². The molecule has 0 fully saturated rings. The number of hydrogen-bond acceptors (Lipinski definition) is 4. The molecule has 30 heavy (non-hydrogen) atoms. The molecule has 0 aliphatic heterocycles. The van der Waals surface area contributed by atoms with Crippen molar-refractivity contribution in [3.05, 3.63) is 65.5 Å². The molecule has 0 aliphatic rings. The number of aryl methyl sites for hydroxylation is 1. The zero-order chi connectivity index (χ0) is 22.7. The van der Waals surface area contributed by atoms with Crippen molar-refractivity contribution in [3.8, 4) is 0 Å². The summed E-state index contributed by atoms with van der Waals surface area (Å²) >= 11 is 0. The minimum atomic E-state index is -4.11. The number of benzene rings is 2. The summed E-state index contributed by atoms with van der Waals surface area (Å²) in [5, 5.41) is 0. The molecule has 0 amide bonds. The molecule has 2 rings (SSSR count). The Morgan fingerprint density at radius 3 is 2.03 bits per heavy atom. The molecule has 0 heterocycles. The zero-order valence-corrected chi connectivity index (χ0v) is 19.2. The quantitative estimate of drug-likeness (QED) is 0.592. The molecule has 0 aromatic heterocycles. The molecule has 0 unspecified atom stereocenters. The third-order valence-electron chi connectivity index (χ3n) is 4.47. The van der Waals surface area contributed by atoms with Crippen LogP contribution in [-0.4, -0.2) is 30.3 Å². The van der Waals surface area contributed by atoms with E-state index in [0.29, 0.717) is 0 Å². The fourth-order valence-electron chi connectivity index (χ4n) is 3.03. The normalized spacial score (nSPS) is 13.5. The van der Waals surface area contributed by atoms with Crippen molar-refractivity contribution in [1.29, 1.82) is 0 Å². The molecule has 164 valence electrons. The lowest BCUT2D eigenvalue weighted by molar-refractivity contribution is -0.161. The predicted molar refractivity (Wildman–Crippen MR) is 115 cm³/mol. The average molecular weight is 436 g/mol. The molecule has 2 aromatic carbocycles. The van der Waals surface area contributed by atoms with Gasteiger partial charge in [-0.25, -0.2) is 12.8 Å². The van der Waals surface area contributed by atoms with Crippen molar-refractivity contribution >= 4 is 16.0 Å². The van der Waals surface area contributed by atoms with Crippen molar-refractivity contribution in [2.24, 2.45) is 5.92 Å². The molecular weight excluding hydrogens is 405 g/mol. The van der Waals surface area contributed by atoms with Crippen molar-refractivity contribution < 1.29 is 22.3 Å². The number of halogens is 1. The van der Waals surface area contributed by atoms with Crippen LogP contribution in [0.2, 0.25) is 0 Å². The molecule has 0 bridgehead atoms. The summed E-state index contributed by atoms with van der Waals surface area (Å²) in [7, 11) is -4.11. The Balaban J connectivity index is 2.56. The van der Waals surface area contributed by atoms with E-state index in [0.717, 1.165) is 27.6 Å². The van der Waals surface area contributed by atoms with E-state index in [1.54, 1.807) is 34.6 Å². The van der Waals surface area contributed by atoms with Crippen molar-refractivity contribution in [2.75, 3.05) is 0 Å². The van der Waals surface area contributed by atoms with Gasteiger partial charge in [-0.2, -0.15) is 4.31 Å². The molecule has 0 N–H and O–H groups in total. The molecule has 0 radical (unpaired) electrons. The number of carbonyl (C=O) groups is 1. The average Bonchev–Trinajstić information content (AvgIpc) is 2.61. The van der Waals surface area contributed by atoms with Gasteiger partial charge < -0.3 is 4.74 Å². The van der Waals surface area contributed by atoms with E-state index < -0.39 is 33.5 Å². The van der Waals surface area contributed by atoms with Crippen molar-refractivity contribution in [1.82, 2.24) is 4.31 Å². The van der Waals surface area contributed by atoms with Crippen LogP contribution in [0.3, 0.4) is 0 Å². The van der Waals surface area contributed by atoms with Gasteiger partial charge in [0.05, 0.1) is 4.90 Å². The maximum Gasteiger partial charge on any atom is 0.325 e. The minimum Gasteiger partial charge on any atom is -0.459 e. The third kappa shape index (κ3) is 6.12. The zero-order valence-electron chi connectivity index (χ0n) is 18.3. The van der Waals surface area contributed by atoms with Crippen LogP contribution in [0, 0.1) is 18.7 Å². The van der Waals surface area contributed by atoms with Gasteiger partial charge in [-0.15, -0.1) is 0 Å². The third-order valence-corrected chi connectivity index (χ3v) is 6.31. The van der Waals surface area contributed by atoms with Gasteiger partial charge in [-0.3, -0.25) is 4.79 Å². The molecular formula is C23H30FNO4S. The van der Waals surface area contributed by atoms with Gasteiger partial charge in [-0.1, -0.05) is 43.7 Å². The second kappa shape index (κ2) is 9.27. The maximum absolute atomic E-state index is 13.5. The summed E-state index contributed by atoms with van der Waals surface area (Å²) in [6.07, 6.45) is 0. The lowest BCUT2D eigenvalue weighted by Gasteiger charge is -2.34. The van der Waals surface area contributed by atoms with Gasteiger partial charge in [0.1, 0.15) is 17.5 Å². The van der Waals surface area contributed by atoms with Gasteiger partial charge >= 0.3 is 5.97 Å². The Morgan fingerprint density at radius 2 is 1.57 bits per heavy atom. The number of carbonyl (C=O) groups excluding carboxylic acids is 1. The Kier molecular flexibility index (Phi) is 7.42. The molecule has 5 nitrogen and oxygen atoms in total. The molecule has 0 aliphatic carbocycles. The number of esters is 1. The first kappa shape index (κ1) is 24.0. The highest BCUT2D eigenvalue weighted by Crippen LogP contribution is 2.27. The van der Waals surface area contributed by atoms with Gasteiger partial charge in [0, 0.05) is 6.54 Å². The van der Waals surface area contributed by atoms with E-state index in [4.69, 9.17) is 4.74 Å². The molecule has 1 atom stereocenters. The number of hydrogen-bond donors (Lipinski definition) is 0. The topological polar surface area (TPSA) is 63.7 Å². The standard InChI is InChI=1S/C23H30FNO4S/c1-16(2)21(22(26)29-23(4,5)6)25(15-18-9-7-17(3)8-10-18)30(27,28)20-13-11-19(24)12-14-20/h7-14,16,21H,15H2,1-6H3/t21-/m0/s1. The van der Waals surface area contributed by atoms with Crippen molar-refractivity contribution in [3.63, 3.8) is 0 Å². The molecule has 0 saturated heterocycles. The summed E-state index contributed by atoms with van der Waals surface area (Å²) in [5.74, 6) is -1.50. The second-order valence-corrected chi connectivity index (χ2v) is 10.6. The van der Waals surface area contributed by atoms with Crippen LogP contribution >= 0.6 is 0 Å². The summed E-state index contributed by atoms with van der Waals surface area (Å²) in [6.45, 7) is 10.7. The Morgan fingerprint density at radius 1 is 1.03 bits per heavy atom. The van der Waals surface area contributed by atoms with Gasteiger partial charge in [0.2, 0.25) is 10.0 Å². The fraction of sp³-hybridized carbons (Fsp3) is 0.435. The van der Waals surface area contributed by atoms with Crippen molar-refractivity contribution in [2.45, 2.75) is 64.6 Å². The van der Waals surface area contributed by atoms with E-state index in [9.17, 15) is 17.6 Å².